The molecule has 0 saturated heterocycles. The van der Waals surface area contributed by atoms with Gasteiger partial charge < -0.3 is 15.4 Å². The number of ketones is 2. The van der Waals surface area contributed by atoms with E-state index in [0.717, 1.165) is 31.2 Å². The van der Waals surface area contributed by atoms with E-state index in [1.807, 2.05) is 44.2 Å². The highest BCUT2D eigenvalue weighted by Gasteiger charge is 2.58. The van der Waals surface area contributed by atoms with Crippen LogP contribution in [-0.2, 0) is 19.1 Å². The van der Waals surface area contributed by atoms with Gasteiger partial charge >= 0.3 is 6.09 Å². The number of ether oxygens (including phenoxy) is 1. The highest BCUT2D eigenvalue weighted by Crippen LogP contribution is 2.45. The Hall–Kier alpha value is -2.70. The summed E-state index contributed by atoms with van der Waals surface area (Å²) in [5.74, 6) is -1.59. The number of alkyl carbamates (subject to hydrolysis) is 1. The van der Waals surface area contributed by atoms with Gasteiger partial charge in [0.1, 0.15) is 6.04 Å². The molecule has 2 aliphatic carbocycles. The number of benzene rings is 1. The quantitative estimate of drug-likeness (QED) is 0.500. The Morgan fingerprint density at radius 2 is 1.71 bits per heavy atom. The summed E-state index contributed by atoms with van der Waals surface area (Å²) in [7, 11) is 0. The summed E-state index contributed by atoms with van der Waals surface area (Å²) in [6.45, 7) is 7.48. The van der Waals surface area contributed by atoms with Gasteiger partial charge in [0.15, 0.2) is 11.6 Å². The Morgan fingerprint density at radius 1 is 1.06 bits per heavy atom. The second-order valence-electron chi connectivity index (χ2n) is 10.7. The van der Waals surface area contributed by atoms with Gasteiger partial charge in [0.2, 0.25) is 5.91 Å². The first kappa shape index (κ1) is 25.9. The average molecular weight is 471 g/mol. The second kappa shape index (κ2) is 11.2. The number of carbonyl (C=O) groups excluding carboxylic acids is 4. The summed E-state index contributed by atoms with van der Waals surface area (Å²) in [6.07, 6.45) is 5.46. The SMILES string of the molecule is CC(C)C[C@H](NC(=O)OCC1CCCCC1)C(=O)NC(C)(C)C(=O)C1C(=O)C1c1ccccc1. The summed E-state index contributed by atoms with van der Waals surface area (Å²) < 4.78 is 5.41. The lowest BCUT2D eigenvalue weighted by molar-refractivity contribution is -0.133. The van der Waals surface area contributed by atoms with Crippen molar-refractivity contribution in [2.45, 2.75) is 83.7 Å². The topological polar surface area (TPSA) is 102 Å². The largest absolute Gasteiger partial charge is 0.449 e. The standard InChI is InChI=1S/C27H38N2O5/c1-17(2)15-20(28-26(33)34-16-18-11-7-5-8-12-18)25(32)29-27(3,4)24(31)22-21(23(22)30)19-13-9-6-10-14-19/h6,9-10,13-14,17-18,20-22H,5,7-8,11-12,15-16H2,1-4H3,(H,28,33)(H,29,32)/t20-,21?,22?/m0/s1. The molecule has 0 aliphatic heterocycles. The molecule has 3 atom stereocenters. The number of nitrogens with one attached hydrogen (secondary N) is 2. The van der Waals surface area contributed by atoms with E-state index in [0.29, 0.717) is 18.9 Å². The summed E-state index contributed by atoms with van der Waals surface area (Å²) in [5, 5.41) is 5.46. The molecule has 2 aliphatic rings. The molecule has 7 nitrogen and oxygen atoms in total. The molecular weight excluding hydrogens is 432 g/mol. The molecule has 2 saturated carbocycles. The molecule has 1 aromatic carbocycles. The summed E-state index contributed by atoms with van der Waals surface area (Å²) in [5.41, 5.74) is -0.433. The first-order valence-electron chi connectivity index (χ1n) is 12.5. The number of hydrogen-bond donors (Lipinski definition) is 2. The smallest absolute Gasteiger partial charge is 0.407 e. The Morgan fingerprint density at radius 3 is 2.32 bits per heavy atom. The van der Waals surface area contributed by atoms with Crippen molar-refractivity contribution in [2.75, 3.05) is 6.61 Å². The van der Waals surface area contributed by atoms with Crippen LogP contribution in [0.4, 0.5) is 4.79 Å². The molecule has 34 heavy (non-hydrogen) atoms. The van der Waals surface area contributed by atoms with Crippen molar-refractivity contribution in [1.82, 2.24) is 10.6 Å². The number of Topliss-reactive ketones (excluding diaryl/α,β-unsaturated/α-hetero) is 2. The van der Waals surface area contributed by atoms with Gasteiger partial charge in [0.05, 0.1) is 24.0 Å². The van der Waals surface area contributed by atoms with E-state index in [-0.39, 0.29) is 17.5 Å². The molecule has 0 spiro atoms. The maximum atomic E-state index is 13.2. The van der Waals surface area contributed by atoms with Gasteiger partial charge in [0, 0.05) is 0 Å². The van der Waals surface area contributed by atoms with Crippen LogP contribution < -0.4 is 10.6 Å². The molecular formula is C27H38N2O5. The van der Waals surface area contributed by atoms with E-state index in [4.69, 9.17) is 4.74 Å². The van der Waals surface area contributed by atoms with Gasteiger partial charge in [-0.2, -0.15) is 0 Å². The lowest BCUT2D eigenvalue weighted by Gasteiger charge is -2.28. The van der Waals surface area contributed by atoms with Crippen LogP contribution in [0.5, 0.6) is 0 Å². The summed E-state index contributed by atoms with van der Waals surface area (Å²) in [4.78, 5) is 51.1. The second-order valence-corrected chi connectivity index (χ2v) is 10.7. The molecule has 186 valence electrons. The third kappa shape index (κ3) is 6.67. The lowest BCUT2D eigenvalue weighted by atomic mass is 9.90. The van der Waals surface area contributed by atoms with Crippen LogP contribution in [0.15, 0.2) is 30.3 Å². The van der Waals surface area contributed by atoms with Crippen molar-refractivity contribution >= 4 is 23.6 Å². The molecule has 7 heteroatoms. The molecule has 0 bridgehead atoms. The molecule has 0 aromatic heterocycles. The van der Waals surface area contributed by atoms with Crippen LogP contribution in [0.3, 0.4) is 0 Å². The Labute approximate surface area is 202 Å². The highest BCUT2D eigenvalue weighted by atomic mass is 16.5. The zero-order chi connectivity index (χ0) is 24.9. The Kier molecular flexibility index (Phi) is 8.50. The fourth-order valence-electron chi connectivity index (χ4n) is 4.82. The molecule has 2 fully saturated rings. The third-order valence-corrected chi connectivity index (χ3v) is 6.82. The predicted octanol–water partition coefficient (Wildman–Crippen LogP) is 4.15. The summed E-state index contributed by atoms with van der Waals surface area (Å²) >= 11 is 0. The zero-order valence-electron chi connectivity index (χ0n) is 20.8. The van der Waals surface area contributed by atoms with Crippen molar-refractivity contribution in [3.63, 3.8) is 0 Å². The van der Waals surface area contributed by atoms with Crippen LogP contribution >= 0.6 is 0 Å². The minimum absolute atomic E-state index is 0.123. The first-order chi connectivity index (χ1) is 16.1. The molecule has 1 aromatic rings. The van der Waals surface area contributed by atoms with Crippen molar-refractivity contribution in [1.29, 1.82) is 0 Å². The van der Waals surface area contributed by atoms with Crippen LogP contribution in [0.2, 0.25) is 0 Å². The fourth-order valence-corrected chi connectivity index (χ4v) is 4.82. The average Bonchev–Trinajstić information content (AvgIpc) is 3.47. The zero-order valence-corrected chi connectivity index (χ0v) is 20.8. The van der Waals surface area contributed by atoms with Crippen molar-refractivity contribution in [3.8, 4) is 0 Å². The first-order valence-corrected chi connectivity index (χ1v) is 12.5. The van der Waals surface area contributed by atoms with Crippen molar-refractivity contribution in [2.24, 2.45) is 17.8 Å². The minimum Gasteiger partial charge on any atom is -0.449 e. The normalized spacial score (nSPS) is 21.6. The predicted molar refractivity (Wildman–Crippen MR) is 129 cm³/mol. The third-order valence-electron chi connectivity index (χ3n) is 6.82. The maximum Gasteiger partial charge on any atom is 0.407 e. The van der Waals surface area contributed by atoms with E-state index in [2.05, 4.69) is 10.6 Å². The molecule has 2 N–H and O–H groups in total. The summed E-state index contributed by atoms with van der Waals surface area (Å²) in [6, 6.07) is 8.38. The monoisotopic (exact) mass is 470 g/mol. The van der Waals surface area contributed by atoms with E-state index in [1.54, 1.807) is 13.8 Å². The van der Waals surface area contributed by atoms with Gasteiger partial charge in [-0.3, -0.25) is 14.4 Å². The molecule has 2 unspecified atom stereocenters. The van der Waals surface area contributed by atoms with E-state index >= 15 is 0 Å². The van der Waals surface area contributed by atoms with Gasteiger partial charge in [-0.05, 0) is 50.5 Å². The lowest BCUT2D eigenvalue weighted by Crippen LogP contribution is -2.57. The van der Waals surface area contributed by atoms with E-state index in [9.17, 15) is 19.2 Å². The van der Waals surface area contributed by atoms with Gasteiger partial charge in [-0.25, -0.2) is 4.79 Å². The maximum absolute atomic E-state index is 13.2. The minimum atomic E-state index is -1.25. The van der Waals surface area contributed by atoms with Crippen LogP contribution in [0.25, 0.3) is 0 Å². The van der Waals surface area contributed by atoms with Crippen LogP contribution in [0, 0.1) is 17.8 Å². The molecule has 3 rings (SSSR count). The van der Waals surface area contributed by atoms with Crippen LogP contribution in [-0.4, -0.2) is 41.8 Å². The van der Waals surface area contributed by atoms with E-state index in [1.165, 1.54) is 6.42 Å². The van der Waals surface area contributed by atoms with Crippen molar-refractivity contribution < 1.29 is 23.9 Å². The molecule has 0 heterocycles. The number of hydrogen-bond acceptors (Lipinski definition) is 5. The van der Waals surface area contributed by atoms with Crippen molar-refractivity contribution in [3.05, 3.63) is 35.9 Å². The number of amides is 2. The Bertz CT molecular complexity index is 890. The van der Waals surface area contributed by atoms with Gasteiger partial charge in [-0.1, -0.05) is 63.4 Å². The fraction of sp³-hybridized carbons (Fsp3) is 0.630. The van der Waals surface area contributed by atoms with Gasteiger partial charge in [0.25, 0.3) is 0 Å². The number of carbonyl (C=O) groups is 4. The Balaban J connectivity index is 1.58. The van der Waals surface area contributed by atoms with Crippen LogP contribution in [0.1, 0.15) is 77.7 Å². The van der Waals surface area contributed by atoms with Gasteiger partial charge in [-0.15, -0.1) is 0 Å². The molecule has 0 radical (unpaired) electrons. The highest BCUT2D eigenvalue weighted by molar-refractivity contribution is 6.22. The molecule has 2 amide bonds. The number of rotatable bonds is 10. The van der Waals surface area contributed by atoms with E-state index < -0.39 is 35.4 Å².